The quantitative estimate of drug-likeness (QED) is 0.734. The molecular formula is C11H17NS. The first-order valence-corrected chi connectivity index (χ1v) is 5.50. The molecule has 2 heteroatoms. The van der Waals surface area contributed by atoms with Crippen LogP contribution in [0.1, 0.15) is 31.9 Å². The van der Waals surface area contributed by atoms with Crippen molar-refractivity contribution in [1.29, 1.82) is 0 Å². The van der Waals surface area contributed by atoms with Crippen LogP contribution in [-0.2, 0) is 11.2 Å². The molecule has 13 heavy (non-hydrogen) atoms. The molecule has 0 radical (unpaired) electrons. The predicted octanol–water partition coefficient (Wildman–Crippen LogP) is 3.09. The smallest absolute Gasteiger partial charge is 0.0328 e. The summed E-state index contributed by atoms with van der Waals surface area (Å²) < 4.78 is 0. The molecule has 0 fully saturated rings. The SMILES string of the molecule is CC(C)(C)c1ccc(CSN)cc1. The van der Waals surface area contributed by atoms with E-state index in [1.807, 2.05) is 0 Å². The first-order chi connectivity index (χ1) is 6.04. The van der Waals surface area contributed by atoms with Crippen LogP contribution in [0.2, 0.25) is 0 Å². The van der Waals surface area contributed by atoms with Gasteiger partial charge < -0.3 is 0 Å². The molecule has 1 rings (SSSR count). The lowest BCUT2D eigenvalue weighted by Crippen LogP contribution is -2.10. The topological polar surface area (TPSA) is 26.0 Å². The second-order valence-corrected chi connectivity index (χ2v) is 4.88. The Hall–Kier alpha value is -0.470. The van der Waals surface area contributed by atoms with E-state index in [0.29, 0.717) is 0 Å². The summed E-state index contributed by atoms with van der Waals surface area (Å²) in [4.78, 5) is 0. The third kappa shape index (κ3) is 3.05. The maximum Gasteiger partial charge on any atom is 0.0328 e. The normalized spacial score (nSPS) is 11.7. The Balaban J connectivity index is 2.81. The molecule has 0 heterocycles. The maximum atomic E-state index is 5.40. The van der Waals surface area contributed by atoms with Crippen molar-refractivity contribution in [3.63, 3.8) is 0 Å². The minimum absolute atomic E-state index is 0.244. The Bertz CT molecular complexity index is 258. The molecule has 72 valence electrons. The number of hydrogen-bond acceptors (Lipinski definition) is 2. The van der Waals surface area contributed by atoms with Gasteiger partial charge in [-0.3, -0.25) is 5.14 Å². The van der Waals surface area contributed by atoms with Gasteiger partial charge in [0.25, 0.3) is 0 Å². The van der Waals surface area contributed by atoms with Gasteiger partial charge in [0.05, 0.1) is 0 Å². The van der Waals surface area contributed by atoms with Crippen molar-refractivity contribution < 1.29 is 0 Å². The molecule has 0 amide bonds. The largest absolute Gasteiger partial charge is 0.278 e. The monoisotopic (exact) mass is 195 g/mol. The van der Waals surface area contributed by atoms with Crippen molar-refractivity contribution >= 4 is 11.9 Å². The van der Waals surface area contributed by atoms with E-state index in [-0.39, 0.29) is 5.41 Å². The molecule has 0 aromatic heterocycles. The third-order valence-corrected chi connectivity index (χ3v) is 2.57. The Morgan fingerprint density at radius 2 is 1.69 bits per heavy atom. The molecule has 0 unspecified atom stereocenters. The highest BCUT2D eigenvalue weighted by Gasteiger charge is 2.12. The van der Waals surface area contributed by atoms with Crippen LogP contribution in [0.4, 0.5) is 0 Å². The van der Waals surface area contributed by atoms with Gasteiger partial charge in [0.2, 0.25) is 0 Å². The Kier molecular flexibility index (Phi) is 3.40. The van der Waals surface area contributed by atoms with Crippen LogP contribution in [-0.4, -0.2) is 0 Å². The van der Waals surface area contributed by atoms with Crippen LogP contribution in [0, 0.1) is 0 Å². The Morgan fingerprint density at radius 3 is 2.08 bits per heavy atom. The highest BCUT2D eigenvalue weighted by Crippen LogP contribution is 2.22. The van der Waals surface area contributed by atoms with Crippen LogP contribution >= 0.6 is 11.9 Å². The lowest BCUT2D eigenvalue weighted by molar-refractivity contribution is 0.590. The van der Waals surface area contributed by atoms with Gasteiger partial charge in [0.15, 0.2) is 0 Å². The fourth-order valence-corrected chi connectivity index (χ4v) is 1.58. The second-order valence-electron chi connectivity index (χ2n) is 4.26. The van der Waals surface area contributed by atoms with Gasteiger partial charge in [0, 0.05) is 5.75 Å². The lowest BCUT2D eigenvalue weighted by atomic mass is 9.87. The molecule has 1 aromatic rings. The first-order valence-electron chi connectivity index (χ1n) is 4.45. The summed E-state index contributed by atoms with van der Waals surface area (Å²) in [6, 6.07) is 8.68. The summed E-state index contributed by atoms with van der Waals surface area (Å²) in [5.74, 6) is 0.893. The molecule has 0 spiro atoms. The highest BCUT2D eigenvalue weighted by atomic mass is 32.2. The van der Waals surface area contributed by atoms with E-state index >= 15 is 0 Å². The third-order valence-electron chi connectivity index (χ3n) is 2.07. The summed E-state index contributed by atoms with van der Waals surface area (Å²) >= 11 is 1.37. The van der Waals surface area contributed by atoms with Crippen LogP contribution in [0.15, 0.2) is 24.3 Å². The molecular weight excluding hydrogens is 178 g/mol. The van der Waals surface area contributed by atoms with Crippen LogP contribution in [0.3, 0.4) is 0 Å². The number of benzene rings is 1. The van der Waals surface area contributed by atoms with Gasteiger partial charge in [-0.2, -0.15) is 0 Å². The van der Waals surface area contributed by atoms with Crippen LogP contribution in [0.5, 0.6) is 0 Å². The van der Waals surface area contributed by atoms with E-state index in [9.17, 15) is 0 Å². The minimum atomic E-state index is 0.244. The van der Waals surface area contributed by atoms with Gasteiger partial charge in [-0.25, -0.2) is 0 Å². The van der Waals surface area contributed by atoms with Crippen LogP contribution < -0.4 is 5.14 Å². The molecule has 2 N–H and O–H groups in total. The summed E-state index contributed by atoms with van der Waals surface area (Å²) in [5, 5.41) is 5.40. The molecule has 0 aliphatic heterocycles. The standard InChI is InChI=1S/C11H17NS/c1-11(2,3)10-6-4-9(5-7-10)8-13-12/h4-7H,8,12H2,1-3H3. The molecule has 1 nitrogen and oxygen atoms in total. The van der Waals surface area contributed by atoms with E-state index in [4.69, 9.17) is 5.14 Å². The van der Waals surface area contributed by atoms with Gasteiger partial charge in [-0.1, -0.05) is 57.0 Å². The van der Waals surface area contributed by atoms with Crippen molar-refractivity contribution in [1.82, 2.24) is 0 Å². The molecule has 0 bridgehead atoms. The summed E-state index contributed by atoms with van der Waals surface area (Å²) in [5.41, 5.74) is 2.91. The van der Waals surface area contributed by atoms with E-state index in [1.165, 1.54) is 23.1 Å². The van der Waals surface area contributed by atoms with Gasteiger partial charge in [0.1, 0.15) is 0 Å². The molecule has 0 aliphatic carbocycles. The number of rotatable bonds is 2. The summed E-state index contributed by atoms with van der Waals surface area (Å²) in [7, 11) is 0. The van der Waals surface area contributed by atoms with E-state index < -0.39 is 0 Å². The molecule has 0 aliphatic rings. The first kappa shape index (κ1) is 10.6. The van der Waals surface area contributed by atoms with Crippen molar-refractivity contribution in [2.45, 2.75) is 31.9 Å². The van der Waals surface area contributed by atoms with Gasteiger partial charge in [-0.15, -0.1) is 0 Å². The summed E-state index contributed by atoms with van der Waals surface area (Å²) in [6.07, 6.45) is 0. The molecule has 0 saturated heterocycles. The zero-order valence-electron chi connectivity index (χ0n) is 8.50. The van der Waals surface area contributed by atoms with Crippen LogP contribution in [0.25, 0.3) is 0 Å². The van der Waals surface area contributed by atoms with E-state index in [1.54, 1.807) is 0 Å². The average Bonchev–Trinajstić information content (AvgIpc) is 2.04. The summed E-state index contributed by atoms with van der Waals surface area (Å²) in [6.45, 7) is 6.67. The van der Waals surface area contributed by atoms with Crippen molar-refractivity contribution in [3.05, 3.63) is 35.4 Å². The zero-order chi connectivity index (χ0) is 9.90. The fourth-order valence-electron chi connectivity index (χ4n) is 1.20. The lowest BCUT2D eigenvalue weighted by Gasteiger charge is -2.18. The average molecular weight is 195 g/mol. The minimum Gasteiger partial charge on any atom is -0.278 e. The van der Waals surface area contributed by atoms with E-state index in [0.717, 1.165) is 5.75 Å². The molecule has 1 aromatic carbocycles. The molecule has 0 saturated carbocycles. The fraction of sp³-hybridized carbons (Fsp3) is 0.455. The Morgan fingerprint density at radius 1 is 1.15 bits per heavy atom. The van der Waals surface area contributed by atoms with Gasteiger partial charge in [-0.05, 0) is 16.5 Å². The van der Waals surface area contributed by atoms with Crippen molar-refractivity contribution in [2.75, 3.05) is 0 Å². The number of nitrogens with two attached hydrogens (primary N) is 1. The Labute approximate surface area is 84.9 Å². The highest BCUT2D eigenvalue weighted by molar-refractivity contribution is 7.96. The number of hydrogen-bond donors (Lipinski definition) is 1. The van der Waals surface area contributed by atoms with E-state index in [2.05, 4.69) is 45.0 Å². The zero-order valence-corrected chi connectivity index (χ0v) is 9.32. The molecule has 0 atom stereocenters. The van der Waals surface area contributed by atoms with Crippen molar-refractivity contribution in [2.24, 2.45) is 5.14 Å². The van der Waals surface area contributed by atoms with Gasteiger partial charge >= 0.3 is 0 Å². The maximum absolute atomic E-state index is 5.40. The predicted molar refractivity (Wildman–Crippen MR) is 60.6 cm³/mol. The second kappa shape index (κ2) is 4.16. The van der Waals surface area contributed by atoms with Crippen molar-refractivity contribution in [3.8, 4) is 0 Å².